The Bertz CT molecular complexity index is 516. The zero-order valence-corrected chi connectivity index (χ0v) is 9.95. The second kappa shape index (κ2) is 4.59. The highest BCUT2D eigenvalue weighted by molar-refractivity contribution is 5.36. The van der Waals surface area contributed by atoms with E-state index in [1.807, 2.05) is 0 Å². The molecule has 0 spiro atoms. The van der Waals surface area contributed by atoms with Crippen LogP contribution in [0.1, 0.15) is 25.7 Å². The minimum Gasteiger partial charge on any atom is -0.368 e. The molecule has 3 rings (SSSR count). The Kier molecular flexibility index (Phi) is 2.79. The monoisotopic (exact) mass is 245 g/mol. The first-order chi connectivity index (χ1) is 8.81. The lowest BCUT2D eigenvalue weighted by Gasteiger charge is -2.12. The highest BCUT2D eigenvalue weighted by atomic mass is 15.3. The summed E-state index contributed by atoms with van der Waals surface area (Å²) in [5.41, 5.74) is 5.70. The van der Waals surface area contributed by atoms with Crippen molar-refractivity contribution in [3.63, 3.8) is 0 Å². The maximum absolute atomic E-state index is 5.70. The number of rotatable bonds is 3. The fourth-order valence-corrected chi connectivity index (χ4v) is 2.19. The van der Waals surface area contributed by atoms with Gasteiger partial charge in [0.1, 0.15) is 6.33 Å². The number of nitrogens with two attached hydrogens (primary N) is 1. The summed E-state index contributed by atoms with van der Waals surface area (Å²) in [5.74, 6) is 1.24. The first kappa shape index (κ1) is 10.9. The molecule has 1 aliphatic rings. The van der Waals surface area contributed by atoms with Gasteiger partial charge in [0.15, 0.2) is 0 Å². The Balaban J connectivity index is 1.86. The molecule has 0 saturated heterocycles. The van der Waals surface area contributed by atoms with Gasteiger partial charge in [0.2, 0.25) is 17.8 Å². The van der Waals surface area contributed by atoms with E-state index in [0.29, 0.717) is 17.9 Å². The number of hydrogen-bond donors (Lipinski definition) is 2. The van der Waals surface area contributed by atoms with E-state index in [-0.39, 0.29) is 5.95 Å². The highest BCUT2D eigenvalue weighted by Crippen LogP contribution is 2.21. The van der Waals surface area contributed by atoms with Crippen LogP contribution in [0.25, 0.3) is 5.95 Å². The van der Waals surface area contributed by atoms with E-state index in [4.69, 9.17) is 5.73 Å². The summed E-state index contributed by atoms with van der Waals surface area (Å²) in [6.07, 6.45) is 9.91. The quantitative estimate of drug-likeness (QED) is 0.837. The van der Waals surface area contributed by atoms with Gasteiger partial charge in [-0.3, -0.25) is 4.57 Å². The molecule has 2 aromatic heterocycles. The van der Waals surface area contributed by atoms with E-state index in [1.54, 1.807) is 23.3 Å². The Morgan fingerprint density at radius 3 is 2.78 bits per heavy atom. The number of imidazole rings is 1. The van der Waals surface area contributed by atoms with Crippen molar-refractivity contribution in [2.24, 2.45) is 0 Å². The Morgan fingerprint density at radius 2 is 2.06 bits per heavy atom. The van der Waals surface area contributed by atoms with Gasteiger partial charge in [-0.2, -0.15) is 15.0 Å². The molecule has 1 saturated carbocycles. The van der Waals surface area contributed by atoms with Crippen LogP contribution < -0.4 is 11.1 Å². The number of nitrogens with one attached hydrogen (secondary N) is 1. The van der Waals surface area contributed by atoms with Crippen LogP contribution in [0, 0.1) is 0 Å². The van der Waals surface area contributed by atoms with Crippen molar-refractivity contribution in [3.05, 3.63) is 18.7 Å². The van der Waals surface area contributed by atoms with Crippen LogP contribution in [0.3, 0.4) is 0 Å². The minimum atomic E-state index is 0.217. The Hall–Kier alpha value is -2.18. The normalized spacial score (nSPS) is 16.0. The fraction of sp³-hybridized carbons (Fsp3) is 0.455. The lowest BCUT2D eigenvalue weighted by molar-refractivity contribution is 0.739. The number of aromatic nitrogens is 5. The molecule has 7 nitrogen and oxygen atoms in total. The van der Waals surface area contributed by atoms with Crippen LogP contribution in [-0.2, 0) is 0 Å². The Morgan fingerprint density at radius 1 is 1.22 bits per heavy atom. The van der Waals surface area contributed by atoms with E-state index in [9.17, 15) is 0 Å². The fourth-order valence-electron chi connectivity index (χ4n) is 2.19. The van der Waals surface area contributed by atoms with E-state index in [0.717, 1.165) is 12.8 Å². The van der Waals surface area contributed by atoms with Crippen LogP contribution in [0.4, 0.5) is 11.9 Å². The molecule has 1 aliphatic carbocycles. The van der Waals surface area contributed by atoms with Gasteiger partial charge in [0.25, 0.3) is 0 Å². The molecule has 3 N–H and O–H groups in total. The number of nitrogens with zero attached hydrogens (tertiary/aromatic N) is 5. The van der Waals surface area contributed by atoms with Gasteiger partial charge in [-0.25, -0.2) is 4.98 Å². The molecule has 0 aliphatic heterocycles. The number of hydrogen-bond acceptors (Lipinski definition) is 6. The summed E-state index contributed by atoms with van der Waals surface area (Å²) < 4.78 is 1.71. The minimum absolute atomic E-state index is 0.217. The predicted octanol–water partition coefficient (Wildman–Crippen LogP) is 0.994. The molecular weight excluding hydrogens is 230 g/mol. The molecular formula is C11H15N7. The molecule has 0 radical (unpaired) electrons. The zero-order chi connectivity index (χ0) is 12.4. The molecule has 0 amide bonds. The third-order valence-electron chi connectivity index (χ3n) is 3.06. The molecule has 0 bridgehead atoms. The molecule has 2 heterocycles. The number of anilines is 2. The van der Waals surface area contributed by atoms with E-state index in [2.05, 4.69) is 25.3 Å². The van der Waals surface area contributed by atoms with Crippen LogP contribution in [-0.4, -0.2) is 30.5 Å². The maximum atomic E-state index is 5.70. The van der Waals surface area contributed by atoms with Crippen molar-refractivity contribution in [3.8, 4) is 5.95 Å². The first-order valence-electron chi connectivity index (χ1n) is 6.08. The van der Waals surface area contributed by atoms with Crippen LogP contribution >= 0.6 is 0 Å². The van der Waals surface area contributed by atoms with Crippen molar-refractivity contribution >= 4 is 11.9 Å². The molecule has 0 unspecified atom stereocenters. The van der Waals surface area contributed by atoms with E-state index < -0.39 is 0 Å². The molecule has 2 aromatic rings. The summed E-state index contributed by atoms with van der Waals surface area (Å²) in [6, 6.07) is 0.447. The van der Waals surface area contributed by atoms with Crippen molar-refractivity contribution in [1.29, 1.82) is 0 Å². The molecule has 1 fully saturated rings. The average molecular weight is 245 g/mol. The molecule has 18 heavy (non-hydrogen) atoms. The van der Waals surface area contributed by atoms with Crippen molar-refractivity contribution in [2.45, 2.75) is 31.7 Å². The van der Waals surface area contributed by atoms with E-state index in [1.165, 1.54) is 12.8 Å². The van der Waals surface area contributed by atoms with Gasteiger partial charge in [-0.1, -0.05) is 12.8 Å². The topological polar surface area (TPSA) is 94.5 Å². The van der Waals surface area contributed by atoms with Gasteiger partial charge in [0, 0.05) is 18.4 Å². The second-order valence-corrected chi connectivity index (χ2v) is 4.41. The third-order valence-corrected chi connectivity index (χ3v) is 3.06. The van der Waals surface area contributed by atoms with E-state index >= 15 is 0 Å². The zero-order valence-electron chi connectivity index (χ0n) is 9.95. The Labute approximate surface area is 104 Å². The maximum Gasteiger partial charge on any atom is 0.241 e. The summed E-state index contributed by atoms with van der Waals surface area (Å²) in [5, 5.41) is 3.31. The second-order valence-electron chi connectivity index (χ2n) is 4.41. The standard InChI is InChI=1S/C11H15N7/c12-9-15-10(14-8-3-1-2-4-8)17-11(16-9)18-6-5-13-7-18/h5-8H,1-4H2,(H3,12,14,15,16,17). The van der Waals surface area contributed by atoms with Crippen LogP contribution in [0.15, 0.2) is 18.7 Å². The lowest BCUT2D eigenvalue weighted by Crippen LogP contribution is -2.18. The smallest absolute Gasteiger partial charge is 0.241 e. The van der Waals surface area contributed by atoms with Crippen LogP contribution in [0.2, 0.25) is 0 Å². The first-order valence-corrected chi connectivity index (χ1v) is 6.08. The summed E-state index contributed by atoms with van der Waals surface area (Å²) in [7, 11) is 0. The molecule has 7 heteroatoms. The van der Waals surface area contributed by atoms with Crippen LogP contribution in [0.5, 0.6) is 0 Å². The third kappa shape index (κ3) is 2.24. The van der Waals surface area contributed by atoms with Crippen molar-refractivity contribution in [2.75, 3.05) is 11.1 Å². The molecule has 0 aromatic carbocycles. The van der Waals surface area contributed by atoms with Gasteiger partial charge in [-0.15, -0.1) is 0 Å². The largest absolute Gasteiger partial charge is 0.368 e. The molecule has 0 atom stereocenters. The SMILES string of the molecule is Nc1nc(NC2CCCC2)nc(-n2ccnc2)n1. The van der Waals surface area contributed by atoms with Gasteiger partial charge < -0.3 is 11.1 Å². The summed E-state index contributed by atoms with van der Waals surface area (Å²) in [6.45, 7) is 0. The van der Waals surface area contributed by atoms with Gasteiger partial charge in [-0.05, 0) is 12.8 Å². The lowest BCUT2D eigenvalue weighted by atomic mass is 10.3. The number of nitrogen functional groups attached to an aromatic ring is 1. The van der Waals surface area contributed by atoms with Gasteiger partial charge in [0.05, 0.1) is 0 Å². The average Bonchev–Trinajstić information content (AvgIpc) is 3.00. The van der Waals surface area contributed by atoms with Crippen molar-refractivity contribution < 1.29 is 0 Å². The summed E-state index contributed by atoms with van der Waals surface area (Å²) >= 11 is 0. The summed E-state index contributed by atoms with van der Waals surface area (Å²) in [4.78, 5) is 16.5. The molecule has 94 valence electrons. The van der Waals surface area contributed by atoms with Crippen molar-refractivity contribution in [1.82, 2.24) is 24.5 Å². The van der Waals surface area contributed by atoms with Gasteiger partial charge >= 0.3 is 0 Å². The highest BCUT2D eigenvalue weighted by Gasteiger charge is 2.16. The predicted molar refractivity (Wildman–Crippen MR) is 67.2 cm³/mol.